The molecule has 3 aromatic carbocycles. The zero-order valence-corrected chi connectivity index (χ0v) is 19.3. The predicted molar refractivity (Wildman–Crippen MR) is 134 cm³/mol. The van der Waals surface area contributed by atoms with E-state index in [0.717, 1.165) is 53.8 Å². The van der Waals surface area contributed by atoms with Crippen LogP contribution in [0.2, 0.25) is 0 Å². The van der Waals surface area contributed by atoms with Crippen molar-refractivity contribution in [1.29, 1.82) is 0 Å². The number of hydrogen-bond acceptors (Lipinski definition) is 5. The Morgan fingerprint density at radius 1 is 1.00 bits per heavy atom. The average molecular weight is 460 g/mol. The van der Waals surface area contributed by atoms with Gasteiger partial charge in [0.25, 0.3) is 5.91 Å². The third-order valence-electron chi connectivity index (χ3n) is 7.13. The number of ether oxygens (including phenoxy) is 1. The fraction of sp³-hybridized carbons (Fsp3) is 0.333. The van der Waals surface area contributed by atoms with Crippen LogP contribution in [0, 0.1) is 5.41 Å². The minimum atomic E-state index is -0.588. The van der Waals surface area contributed by atoms with Crippen LogP contribution in [0.15, 0.2) is 54.6 Å². The topological polar surface area (TPSA) is 90.9 Å². The van der Waals surface area contributed by atoms with Crippen LogP contribution in [0.25, 0.3) is 10.8 Å². The Kier molecular flexibility index (Phi) is 5.87. The normalized spacial score (nSPS) is 16.4. The number of nitrogens with zero attached hydrogens (tertiary/aromatic N) is 1. The lowest BCUT2D eigenvalue weighted by atomic mass is 9.93. The van der Waals surface area contributed by atoms with E-state index in [1.165, 1.54) is 12.8 Å². The number of benzene rings is 3. The summed E-state index contributed by atoms with van der Waals surface area (Å²) in [5.74, 6) is 0.0762. The molecule has 2 fully saturated rings. The molecule has 7 nitrogen and oxygen atoms in total. The molecule has 2 amide bonds. The predicted octanol–water partition coefficient (Wildman–Crippen LogP) is 4.41. The van der Waals surface area contributed by atoms with Crippen LogP contribution >= 0.6 is 0 Å². The molecule has 1 heterocycles. The molecule has 1 saturated heterocycles. The van der Waals surface area contributed by atoms with Crippen LogP contribution in [0.4, 0.5) is 17.1 Å². The Labute approximate surface area is 198 Å². The van der Waals surface area contributed by atoms with E-state index in [1.807, 2.05) is 42.5 Å². The SMILES string of the molecule is COc1ccc2c(NC(=O)c3ccc(NC(=O)CO)cc3N3CCC4(CC3)CC4)cccc2c1. The molecule has 3 N–H and O–H groups in total. The third-order valence-corrected chi connectivity index (χ3v) is 7.13. The Morgan fingerprint density at radius 3 is 2.50 bits per heavy atom. The summed E-state index contributed by atoms with van der Waals surface area (Å²) in [5, 5.41) is 16.8. The highest BCUT2D eigenvalue weighted by molar-refractivity contribution is 6.12. The lowest BCUT2D eigenvalue weighted by molar-refractivity contribution is -0.118. The maximum Gasteiger partial charge on any atom is 0.257 e. The summed E-state index contributed by atoms with van der Waals surface area (Å²) < 4.78 is 5.32. The molecule has 0 radical (unpaired) electrons. The molecule has 0 bridgehead atoms. The molecule has 1 aliphatic heterocycles. The first-order valence-corrected chi connectivity index (χ1v) is 11.7. The van der Waals surface area contributed by atoms with Crippen molar-refractivity contribution in [2.24, 2.45) is 5.41 Å². The van der Waals surface area contributed by atoms with Gasteiger partial charge in [-0.05, 0) is 78.9 Å². The first-order chi connectivity index (χ1) is 16.5. The highest BCUT2D eigenvalue weighted by Crippen LogP contribution is 2.54. The Hall–Kier alpha value is -3.58. The van der Waals surface area contributed by atoms with Gasteiger partial charge in [-0.15, -0.1) is 0 Å². The third kappa shape index (κ3) is 4.43. The number of aliphatic hydroxyl groups is 1. The van der Waals surface area contributed by atoms with Crippen molar-refractivity contribution in [2.45, 2.75) is 25.7 Å². The molecule has 2 aliphatic rings. The molecule has 0 unspecified atom stereocenters. The second-order valence-corrected chi connectivity index (χ2v) is 9.27. The number of methoxy groups -OCH3 is 1. The quantitative estimate of drug-likeness (QED) is 0.508. The summed E-state index contributed by atoms with van der Waals surface area (Å²) in [6.45, 7) is 1.17. The van der Waals surface area contributed by atoms with Gasteiger partial charge in [0, 0.05) is 29.9 Å². The maximum atomic E-state index is 13.5. The summed E-state index contributed by atoms with van der Waals surface area (Å²) in [5.41, 5.74) is 3.15. The van der Waals surface area contributed by atoms with E-state index < -0.39 is 12.5 Å². The molecular weight excluding hydrogens is 430 g/mol. The van der Waals surface area contributed by atoms with E-state index in [1.54, 1.807) is 19.2 Å². The van der Waals surface area contributed by atoms with Crippen molar-refractivity contribution in [3.8, 4) is 5.75 Å². The number of aliphatic hydroxyl groups excluding tert-OH is 1. The van der Waals surface area contributed by atoms with Crippen LogP contribution in [0.5, 0.6) is 5.75 Å². The van der Waals surface area contributed by atoms with Gasteiger partial charge in [-0.25, -0.2) is 0 Å². The first-order valence-electron chi connectivity index (χ1n) is 11.7. The van der Waals surface area contributed by atoms with E-state index in [2.05, 4.69) is 15.5 Å². The molecule has 0 aromatic heterocycles. The Balaban J connectivity index is 1.45. The second kappa shape index (κ2) is 8.99. The number of piperidine rings is 1. The molecule has 3 aromatic rings. The first kappa shape index (κ1) is 22.2. The molecule has 0 atom stereocenters. The monoisotopic (exact) mass is 459 g/mol. The zero-order chi connectivity index (χ0) is 23.7. The van der Waals surface area contributed by atoms with Crippen LogP contribution in [0.3, 0.4) is 0 Å². The van der Waals surface area contributed by atoms with Crippen LogP contribution in [-0.2, 0) is 4.79 Å². The number of fused-ring (bicyclic) bond motifs is 1. The fourth-order valence-electron chi connectivity index (χ4n) is 4.85. The largest absolute Gasteiger partial charge is 0.497 e. The molecule has 5 rings (SSSR count). The molecule has 1 spiro atoms. The van der Waals surface area contributed by atoms with E-state index in [-0.39, 0.29) is 5.91 Å². The number of anilines is 3. The number of amides is 2. The molecule has 7 heteroatoms. The number of carbonyl (C=O) groups excluding carboxylic acids is 2. The number of nitrogens with one attached hydrogen (secondary N) is 2. The van der Waals surface area contributed by atoms with Crippen molar-refractivity contribution in [3.05, 3.63) is 60.2 Å². The lowest BCUT2D eigenvalue weighted by Crippen LogP contribution is -2.35. The van der Waals surface area contributed by atoms with Crippen molar-refractivity contribution in [2.75, 3.05) is 42.3 Å². The zero-order valence-electron chi connectivity index (χ0n) is 19.3. The van der Waals surface area contributed by atoms with Crippen molar-refractivity contribution in [3.63, 3.8) is 0 Å². The number of rotatable bonds is 6. The van der Waals surface area contributed by atoms with Crippen molar-refractivity contribution in [1.82, 2.24) is 0 Å². The van der Waals surface area contributed by atoms with Gasteiger partial charge in [-0.3, -0.25) is 9.59 Å². The lowest BCUT2D eigenvalue weighted by Gasteiger charge is -2.35. The smallest absolute Gasteiger partial charge is 0.257 e. The van der Waals surface area contributed by atoms with E-state index >= 15 is 0 Å². The summed E-state index contributed by atoms with van der Waals surface area (Å²) in [4.78, 5) is 27.5. The van der Waals surface area contributed by atoms with Gasteiger partial charge in [0.05, 0.1) is 18.4 Å². The van der Waals surface area contributed by atoms with E-state index in [9.17, 15) is 9.59 Å². The number of carbonyl (C=O) groups is 2. The molecule has 34 heavy (non-hydrogen) atoms. The van der Waals surface area contributed by atoms with Crippen LogP contribution < -0.4 is 20.3 Å². The van der Waals surface area contributed by atoms with Crippen molar-refractivity contribution < 1.29 is 19.4 Å². The summed E-state index contributed by atoms with van der Waals surface area (Å²) in [6, 6.07) is 16.8. The Bertz CT molecular complexity index is 1240. The van der Waals surface area contributed by atoms with Crippen LogP contribution in [-0.4, -0.2) is 43.7 Å². The van der Waals surface area contributed by atoms with Gasteiger partial charge in [0.2, 0.25) is 5.91 Å². The highest BCUT2D eigenvalue weighted by Gasteiger charge is 2.44. The molecular formula is C27H29N3O4. The highest BCUT2D eigenvalue weighted by atomic mass is 16.5. The minimum Gasteiger partial charge on any atom is -0.497 e. The van der Waals surface area contributed by atoms with Gasteiger partial charge in [0.1, 0.15) is 12.4 Å². The second-order valence-electron chi connectivity index (χ2n) is 9.27. The van der Waals surface area contributed by atoms with E-state index in [0.29, 0.717) is 16.7 Å². The van der Waals surface area contributed by atoms with Gasteiger partial charge in [0.15, 0.2) is 0 Å². The van der Waals surface area contributed by atoms with Crippen molar-refractivity contribution >= 4 is 39.6 Å². The summed E-state index contributed by atoms with van der Waals surface area (Å²) in [7, 11) is 1.63. The molecule has 1 saturated carbocycles. The van der Waals surface area contributed by atoms with Gasteiger partial charge >= 0.3 is 0 Å². The van der Waals surface area contributed by atoms with Gasteiger partial charge < -0.3 is 25.4 Å². The summed E-state index contributed by atoms with van der Waals surface area (Å²) in [6.07, 6.45) is 4.83. The van der Waals surface area contributed by atoms with Gasteiger partial charge in [-0.2, -0.15) is 0 Å². The maximum absolute atomic E-state index is 13.5. The average Bonchev–Trinajstić information content (AvgIpc) is 3.62. The van der Waals surface area contributed by atoms with E-state index in [4.69, 9.17) is 9.84 Å². The van der Waals surface area contributed by atoms with Crippen LogP contribution in [0.1, 0.15) is 36.0 Å². The van der Waals surface area contributed by atoms with Gasteiger partial charge in [-0.1, -0.05) is 12.1 Å². The number of hydrogen-bond donors (Lipinski definition) is 3. The Morgan fingerprint density at radius 2 is 1.79 bits per heavy atom. The summed E-state index contributed by atoms with van der Waals surface area (Å²) >= 11 is 0. The fourth-order valence-corrected chi connectivity index (χ4v) is 4.85. The minimum absolute atomic E-state index is 0.204. The molecule has 176 valence electrons. The standard InChI is InChI=1S/C27H29N3O4/c1-34-20-6-8-21-18(15-20)3-2-4-23(21)29-26(33)22-7-5-19(28-25(32)17-31)16-24(22)30-13-11-27(9-10-27)12-14-30/h2-8,15-16,31H,9-14,17H2,1H3,(H,28,32)(H,29,33). The molecule has 1 aliphatic carbocycles.